The molecule has 8 heteroatoms. The van der Waals surface area contributed by atoms with Gasteiger partial charge in [0.05, 0.1) is 12.8 Å². The molecule has 0 saturated heterocycles. The topological polar surface area (TPSA) is 84.1 Å². The fourth-order valence-corrected chi connectivity index (χ4v) is 1.99. The molecular formula is C13H19N5O3. The fraction of sp³-hybridized carbons (Fsp3) is 0.538. The smallest absolute Gasteiger partial charge is 0.361 e. The Hall–Kier alpha value is -2.22. The molecule has 2 rings (SSSR count). The van der Waals surface area contributed by atoms with Gasteiger partial charge in [0.15, 0.2) is 5.69 Å². The molecule has 21 heavy (non-hydrogen) atoms. The fourth-order valence-electron chi connectivity index (χ4n) is 1.99. The van der Waals surface area contributed by atoms with Crippen LogP contribution in [0.5, 0.6) is 0 Å². The standard InChI is InChI=1S/C13H19N5O3/c1-4-21-13(19)11-12(10-8-14-17(2)9-10)18(16-15-11)6-5-7-20-3/h8-9H,4-7H2,1-3H3. The number of hydrogen-bond acceptors (Lipinski definition) is 6. The Balaban J connectivity index is 2.35. The molecule has 0 radical (unpaired) electrons. The molecule has 8 nitrogen and oxygen atoms in total. The number of esters is 1. The molecular weight excluding hydrogens is 274 g/mol. The molecule has 0 amide bonds. The van der Waals surface area contributed by atoms with Crippen molar-refractivity contribution in [3.05, 3.63) is 18.1 Å². The van der Waals surface area contributed by atoms with Crippen LogP contribution in [0.1, 0.15) is 23.8 Å². The average Bonchev–Trinajstić information content (AvgIpc) is 3.05. The van der Waals surface area contributed by atoms with Crippen LogP contribution >= 0.6 is 0 Å². The lowest BCUT2D eigenvalue weighted by atomic mass is 10.2. The normalized spacial score (nSPS) is 10.8. The third kappa shape index (κ3) is 3.46. The average molecular weight is 293 g/mol. The third-order valence-corrected chi connectivity index (χ3v) is 2.90. The zero-order chi connectivity index (χ0) is 15.2. The van der Waals surface area contributed by atoms with Crippen LogP contribution in [-0.2, 0) is 23.1 Å². The lowest BCUT2D eigenvalue weighted by Crippen LogP contribution is -2.09. The van der Waals surface area contributed by atoms with E-state index >= 15 is 0 Å². The van der Waals surface area contributed by atoms with Crippen LogP contribution in [0.25, 0.3) is 11.3 Å². The molecule has 0 aromatic carbocycles. The van der Waals surface area contributed by atoms with Gasteiger partial charge in [-0.3, -0.25) is 4.68 Å². The summed E-state index contributed by atoms with van der Waals surface area (Å²) in [5, 5.41) is 12.1. The predicted octanol–water partition coefficient (Wildman–Crippen LogP) is 0.892. The minimum absolute atomic E-state index is 0.210. The molecule has 114 valence electrons. The second-order valence-electron chi connectivity index (χ2n) is 4.48. The van der Waals surface area contributed by atoms with Gasteiger partial charge in [-0.2, -0.15) is 5.10 Å². The van der Waals surface area contributed by atoms with Crippen LogP contribution in [0.15, 0.2) is 12.4 Å². The van der Waals surface area contributed by atoms with E-state index in [1.165, 1.54) is 0 Å². The van der Waals surface area contributed by atoms with Gasteiger partial charge < -0.3 is 9.47 Å². The van der Waals surface area contributed by atoms with Crippen molar-refractivity contribution in [2.24, 2.45) is 7.05 Å². The third-order valence-electron chi connectivity index (χ3n) is 2.90. The van der Waals surface area contributed by atoms with Gasteiger partial charge in [0.25, 0.3) is 0 Å². The van der Waals surface area contributed by atoms with Crippen molar-refractivity contribution in [1.29, 1.82) is 0 Å². The van der Waals surface area contributed by atoms with Crippen LogP contribution in [0.3, 0.4) is 0 Å². The first-order chi connectivity index (χ1) is 10.2. The zero-order valence-corrected chi connectivity index (χ0v) is 12.4. The van der Waals surface area contributed by atoms with Gasteiger partial charge >= 0.3 is 5.97 Å². The Morgan fingerprint density at radius 3 is 2.86 bits per heavy atom. The van der Waals surface area contributed by atoms with E-state index < -0.39 is 5.97 Å². The quantitative estimate of drug-likeness (QED) is 0.557. The molecule has 2 aromatic rings. The van der Waals surface area contributed by atoms with Gasteiger partial charge in [-0.05, 0) is 13.3 Å². The van der Waals surface area contributed by atoms with Gasteiger partial charge in [0, 0.05) is 39.1 Å². The van der Waals surface area contributed by atoms with E-state index in [1.54, 1.807) is 29.6 Å². The number of aromatic nitrogens is 5. The highest BCUT2D eigenvalue weighted by atomic mass is 16.5. The number of carbonyl (C=O) groups excluding carboxylic acids is 1. The van der Waals surface area contributed by atoms with Crippen LogP contribution in [0.2, 0.25) is 0 Å². The van der Waals surface area contributed by atoms with Crippen LogP contribution in [0.4, 0.5) is 0 Å². The van der Waals surface area contributed by atoms with Crippen molar-refractivity contribution in [2.75, 3.05) is 20.3 Å². The number of rotatable bonds is 7. The Morgan fingerprint density at radius 2 is 2.24 bits per heavy atom. The van der Waals surface area contributed by atoms with Crippen molar-refractivity contribution >= 4 is 5.97 Å². The lowest BCUT2D eigenvalue weighted by molar-refractivity contribution is 0.0520. The van der Waals surface area contributed by atoms with E-state index in [4.69, 9.17) is 9.47 Å². The van der Waals surface area contributed by atoms with Crippen LogP contribution in [-0.4, -0.2) is 51.1 Å². The summed E-state index contributed by atoms with van der Waals surface area (Å²) in [5.74, 6) is -0.477. The van der Waals surface area contributed by atoms with Crippen molar-refractivity contribution in [2.45, 2.75) is 19.9 Å². The number of ether oxygens (including phenoxy) is 2. The van der Waals surface area contributed by atoms with Gasteiger partial charge in [-0.15, -0.1) is 5.10 Å². The molecule has 0 fully saturated rings. The van der Waals surface area contributed by atoms with Crippen LogP contribution < -0.4 is 0 Å². The molecule has 2 aromatic heterocycles. The Morgan fingerprint density at radius 1 is 1.43 bits per heavy atom. The largest absolute Gasteiger partial charge is 0.461 e. The number of nitrogens with zero attached hydrogens (tertiary/aromatic N) is 5. The summed E-state index contributed by atoms with van der Waals surface area (Å²) in [6.07, 6.45) is 4.26. The molecule has 2 heterocycles. The molecule has 0 unspecified atom stereocenters. The van der Waals surface area contributed by atoms with Crippen molar-refractivity contribution in [3.8, 4) is 11.3 Å². The lowest BCUT2D eigenvalue weighted by Gasteiger charge is -2.06. The highest BCUT2D eigenvalue weighted by Gasteiger charge is 2.23. The van der Waals surface area contributed by atoms with E-state index in [0.29, 0.717) is 25.5 Å². The molecule has 0 saturated carbocycles. The number of carbonyl (C=O) groups is 1. The van der Waals surface area contributed by atoms with Crippen molar-refractivity contribution < 1.29 is 14.3 Å². The summed E-state index contributed by atoms with van der Waals surface area (Å²) < 4.78 is 13.4. The summed E-state index contributed by atoms with van der Waals surface area (Å²) in [4.78, 5) is 12.0. The van der Waals surface area contributed by atoms with E-state index in [1.807, 2.05) is 13.2 Å². The number of aryl methyl sites for hydroxylation is 2. The van der Waals surface area contributed by atoms with E-state index in [-0.39, 0.29) is 5.69 Å². The monoisotopic (exact) mass is 293 g/mol. The summed E-state index contributed by atoms with van der Waals surface area (Å²) in [6.45, 7) is 3.26. The Kier molecular flexibility index (Phi) is 5.04. The molecule has 0 aliphatic carbocycles. The molecule has 0 N–H and O–H groups in total. The molecule has 0 atom stereocenters. The minimum Gasteiger partial charge on any atom is -0.461 e. The van der Waals surface area contributed by atoms with E-state index in [2.05, 4.69) is 15.4 Å². The summed E-state index contributed by atoms with van der Waals surface area (Å²) >= 11 is 0. The second-order valence-corrected chi connectivity index (χ2v) is 4.48. The van der Waals surface area contributed by atoms with Gasteiger partial charge in [0.1, 0.15) is 5.69 Å². The van der Waals surface area contributed by atoms with E-state index in [9.17, 15) is 4.79 Å². The highest BCUT2D eigenvalue weighted by molar-refractivity contribution is 5.93. The first-order valence-corrected chi connectivity index (χ1v) is 6.76. The minimum atomic E-state index is -0.477. The van der Waals surface area contributed by atoms with Gasteiger partial charge in [-0.1, -0.05) is 5.21 Å². The van der Waals surface area contributed by atoms with Gasteiger partial charge in [-0.25, -0.2) is 9.48 Å². The van der Waals surface area contributed by atoms with E-state index in [0.717, 1.165) is 12.0 Å². The molecule has 0 spiro atoms. The van der Waals surface area contributed by atoms with Crippen molar-refractivity contribution in [3.63, 3.8) is 0 Å². The highest BCUT2D eigenvalue weighted by Crippen LogP contribution is 2.22. The van der Waals surface area contributed by atoms with Gasteiger partial charge in [0.2, 0.25) is 0 Å². The molecule has 0 bridgehead atoms. The molecule has 0 aliphatic rings. The Bertz CT molecular complexity index is 605. The van der Waals surface area contributed by atoms with Crippen molar-refractivity contribution in [1.82, 2.24) is 24.8 Å². The maximum atomic E-state index is 12.0. The first kappa shape index (κ1) is 15.2. The van der Waals surface area contributed by atoms with Crippen LogP contribution in [0, 0.1) is 0 Å². The number of methoxy groups -OCH3 is 1. The maximum absolute atomic E-state index is 12.0. The predicted molar refractivity (Wildman–Crippen MR) is 74.7 cm³/mol. The maximum Gasteiger partial charge on any atom is 0.361 e. The first-order valence-electron chi connectivity index (χ1n) is 6.76. The summed E-state index contributed by atoms with van der Waals surface area (Å²) in [7, 11) is 3.46. The second kappa shape index (κ2) is 6.98. The summed E-state index contributed by atoms with van der Waals surface area (Å²) in [6, 6.07) is 0. The Labute approximate surface area is 122 Å². The zero-order valence-electron chi connectivity index (χ0n) is 12.4. The SMILES string of the molecule is CCOC(=O)c1nnn(CCCOC)c1-c1cnn(C)c1. The summed E-state index contributed by atoms with van der Waals surface area (Å²) in [5.41, 5.74) is 1.61. The molecule has 0 aliphatic heterocycles. The number of hydrogen-bond donors (Lipinski definition) is 0.